The molecule has 1 N–H and O–H groups in total. The molecular formula is C8H19NSi. The second-order valence-electron chi connectivity index (χ2n) is 3.68. The van der Waals surface area contributed by atoms with Gasteiger partial charge in [0.05, 0.1) is 0 Å². The Kier molecular flexibility index (Phi) is 3.90. The first kappa shape index (κ1) is 9.92. The molecule has 0 unspecified atom stereocenters. The highest BCUT2D eigenvalue weighted by molar-refractivity contribution is 6.75. The lowest BCUT2D eigenvalue weighted by molar-refractivity contribution is 0.732. The van der Waals surface area contributed by atoms with Crippen LogP contribution < -0.4 is 4.98 Å². The summed E-state index contributed by atoms with van der Waals surface area (Å²) in [5.41, 5.74) is 0. The average Bonchev–Trinajstić information content (AvgIpc) is 1.59. The summed E-state index contributed by atoms with van der Waals surface area (Å²) in [4.78, 5) is 3.59. The molecule has 0 atom stereocenters. The van der Waals surface area contributed by atoms with Crippen LogP contribution in [-0.2, 0) is 0 Å². The predicted molar refractivity (Wildman–Crippen MR) is 50.8 cm³/mol. The van der Waals surface area contributed by atoms with Crippen molar-refractivity contribution in [2.24, 2.45) is 0 Å². The summed E-state index contributed by atoms with van der Waals surface area (Å²) in [7, 11) is -1.13. The van der Waals surface area contributed by atoms with Crippen molar-refractivity contribution in [2.75, 3.05) is 0 Å². The second-order valence-corrected chi connectivity index (χ2v) is 8.14. The van der Waals surface area contributed by atoms with Gasteiger partial charge in [-0.1, -0.05) is 33.0 Å². The SMILES string of the molecule is C=CC[Si](C)(C)NC(C)C. The van der Waals surface area contributed by atoms with Crippen LogP contribution in [0.5, 0.6) is 0 Å². The molecular weight excluding hydrogens is 138 g/mol. The van der Waals surface area contributed by atoms with Gasteiger partial charge in [0, 0.05) is 0 Å². The molecule has 0 aliphatic rings. The van der Waals surface area contributed by atoms with E-state index in [0.29, 0.717) is 6.04 Å². The summed E-state index contributed by atoms with van der Waals surface area (Å²) in [5, 5.41) is 0. The van der Waals surface area contributed by atoms with Gasteiger partial charge in [-0.15, -0.1) is 6.58 Å². The Morgan fingerprint density at radius 2 is 2.00 bits per heavy atom. The van der Waals surface area contributed by atoms with Crippen LogP contribution >= 0.6 is 0 Å². The van der Waals surface area contributed by atoms with Crippen LogP contribution in [0.4, 0.5) is 0 Å². The van der Waals surface area contributed by atoms with Crippen LogP contribution in [0.15, 0.2) is 12.7 Å². The van der Waals surface area contributed by atoms with Gasteiger partial charge in [-0.05, 0) is 12.1 Å². The van der Waals surface area contributed by atoms with Gasteiger partial charge >= 0.3 is 0 Å². The van der Waals surface area contributed by atoms with Crippen molar-refractivity contribution in [1.82, 2.24) is 4.98 Å². The van der Waals surface area contributed by atoms with Crippen LogP contribution in [0.3, 0.4) is 0 Å². The lowest BCUT2D eigenvalue weighted by Gasteiger charge is -2.24. The largest absolute Gasteiger partial charge is 0.335 e. The molecule has 0 fully saturated rings. The van der Waals surface area contributed by atoms with Gasteiger partial charge in [-0.2, -0.15) is 0 Å². The Morgan fingerprint density at radius 1 is 1.50 bits per heavy atom. The molecule has 0 aliphatic heterocycles. The lowest BCUT2D eigenvalue weighted by atomic mass is 10.4. The first-order valence-electron chi connectivity index (χ1n) is 3.86. The van der Waals surface area contributed by atoms with Crippen molar-refractivity contribution >= 4 is 8.24 Å². The molecule has 0 radical (unpaired) electrons. The van der Waals surface area contributed by atoms with Gasteiger partial charge in [0.1, 0.15) is 8.24 Å². The Balaban J connectivity index is 3.73. The molecule has 2 heteroatoms. The number of hydrogen-bond acceptors (Lipinski definition) is 1. The van der Waals surface area contributed by atoms with E-state index >= 15 is 0 Å². The zero-order valence-corrected chi connectivity index (χ0v) is 8.57. The van der Waals surface area contributed by atoms with Crippen LogP contribution in [0.2, 0.25) is 19.1 Å². The minimum atomic E-state index is -1.13. The summed E-state index contributed by atoms with van der Waals surface area (Å²) >= 11 is 0. The van der Waals surface area contributed by atoms with Crippen LogP contribution in [-0.4, -0.2) is 14.3 Å². The first-order chi connectivity index (χ1) is 4.48. The Bertz CT molecular complexity index is 108. The van der Waals surface area contributed by atoms with Gasteiger partial charge in [0.2, 0.25) is 0 Å². The Labute approximate surface area is 65.6 Å². The first-order valence-corrected chi connectivity index (χ1v) is 7.07. The van der Waals surface area contributed by atoms with Gasteiger partial charge in [0.15, 0.2) is 0 Å². The topological polar surface area (TPSA) is 12.0 Å². The fourth-order valence-electron chi connectivity index (χ4n) is 1.20. The normalized spacial score (nSPS) is 12.1. The quantitative estimate of drug-likeness (QED) is 0.488. The average molecular weight is 157 g/mol. The monoisotopic (exact) mass is 157 g/mol. The molecule has 0 bridgehead atoms. The molecule has 60 valence electrons. The number of nitrogens with one attached hydrogen (secondary N) is 1. The maximum absolute atomic E-state index is 3.75. The van der Waals surface area contributed by atoms with E-state index in [0.717, 1.165) is 6.04 Å². The van der Waals surface area contributed by atoms with E-state index in [-0.39, 0.29) is 0 Å². The molecule has 0 aromatic rings. The van der Waals surface area contributed by atoms with E-state index in [4.69, 9.17) is 0 Å². The third-order valence-electron chi connectivity index (χ3n) is 1.33. The van der Waals surface area contributed by atoms with Crippen molar-refractivity contribution in [2.45, 2.75) is 39.0 Å². The maximum atomic E-state index is 3.75. The smallest absolute Gasteiger partial charge is 0.123 e. The highest BCUT2D eigenvalue weighted by Crippen LogP contribution is 2.05. The second kappa shape index (κ2) is 3.94. The maximum Gasteiger partial charge on any atom is 0.123 e. The van der Waals surface area contributed by atoms with Gasteiger partial charge in [-0.25, -0.2) is 0 Å². The zero-order chi connectivity index (χ0) is 8.20. The number of rotatable bonds is 4. The van der Waals surface area contributed by atoms with E-state index in [1.54, 1.807) is 0 Å². The molecule has 0 aromatic carbocycles. The summed E-state index contributed by atoms with van der Waals surface area (Å²) in [6.07, 6.45) is 2.02. The lowest BCUT2D eigenvalue weighted by Crippen LogP contribution is -2.47. The summed E-state index contributed by atoms with van der Waals surface area (Å²) in [6, 6.07) is 1.77. The van der Waals surface area contributed by atoms with Crippen LogP contribution in [0.1, 0.15) is 13.8 Å². The van der Waals surface area contributed by atoms with E-state index in [1.165, 1.54) is 0 Å². The fraction of sp³-hybridized carbons (Fsp3) is 0.750. The molecule has 0 amide bonds. The fourth-order valence-corrected chi connectivity index (χ4v) is 3.60. The zero-order valence-electron chi connectivity index (χ0n) is 7.57. The molecule has 1 nitrogen and oxygen atoms in total. The van der Waals surface area contributed by atoms with Gasteiger partial charge < -0.3 is 4.98 Å². The molecule has 0 spiro atoms. The molecule has 10 heavy (non-hydrogen) atoms. The van der Waals surface area contributed by atoms with E-state index in [1.807, 2.05) is 6.08 Å². The summed E-state index contributed by atoms with van der Waals surface area (Å²) < 4.78 is 0. The highest BCUT2D eigenvalue weighted by atomic mass is 28.3. The van der Waals surface area contributed by atoms with Crippen molar-refractivity contribution < 1.29 is 0 Å². The minimum absolute atomic E-state index is 0.613. The van der Waals surface area contributed by atoms with Crippen LogP contribution in [0, 0.1) is 0 Å². The highest BCUT2D eigenvalue weighted by Gasteiger charge is 2.18. The van der Waals surface area contributed by atoms with E-state index < -0.39 is 8.24 Å². The minimum Gasteiger partial charge on any atom is -0.335 e. The standard InChI is InChI=1S/C8H19NSi/c1-6-7-10(4,5)9-8(2)3/h6,8-9H,1,7H2,2-5H3. The van der Waals surface area contributed by atoms with Crippen LogP contribution in [0.25, 0.3) is 0 Å². The number of allylic oxidation sites excluding steroid dienone is 1. The Hall–Kier alpha value is -0.0831. The molecule has 0 rings (SSSR count). The molecule has 0 heterocycles. The van der Waals surface area contributed by atoms with Gasteiger partial charge in [0.25, 0.3) is 0 Å². The molecule has 0 aliphatic carbocycles. The third-order valence-corrected chi connectivity index (χ3v) is 4.00. The molecule has 0 aromatic heterocycles. The summed E-state index contributed by atoms with van der Waals surface area (Å²) in [6.45, 7) is 12.8. The number of hydrogen-bond donors (Lipinski definition) is 1. The third kappa shape index (κ3) is 4.76. The van der Waals surface area contributed by atoms with Gasteiger partial charge in [-0.3, -0.25) is 0 Å². The van der Waals surface area contributed by atoms with Crippen molar-refractivity contribution in [3.8, 4) is 0 Å². The van der Waals surface area contributed by atoms with E-state index in [2.05, 4.69) is 38.5 Å². The predicted octanol–water partition coefficient (Wildman–Crippen LogP) is 2.38. The van der Waals surface area contributed by atoms with E-state index in [9.17, 15) is 0 Å². The van der Waals surface area contributed by atoms with Crippen molar-refractivity contribution in [1.29, 1.82) is 0 Å². The Morgan fingerprint density at radius 3 is 2.30 bits per heavy atom. The summed E-state index contributed by atoms with van der Waals surface area (Å²) in [5.74, 6) is 0. The molecule has 0 saturated heterocycles. The van der Waals surface area contributed by atoms with Crippen molar-refractivity contribution in [3.05, 3.63) is 12.7 Å². The molecule has 0 saturated carbocycles. The van der Waals surface area contributed by atoms with Crippen molar-refractivity contribution in [3.63, 3.8) is 0 Å².